The highest BCUT2D eigenvalue weighted by Crippen LogP contribution is 2.26. The first-order chi connectivity index (χ1) is 12.8. The maximum absolute atomic E-state index is 12.1. The average Bonchev–Trinajstić information content (AvgIpc) is 2.61. The fourth-order valence-corrected chi connectivity index (χ4v) is 2.49. The van der Waals surface area contributed by atoms with Crippen molar-refractivity contribution in [2.24, 2.45) is 0 Å². The molecular formula is C23H32O4. The molecular weight excluding hydrogens is 340 g/mol. The van der Waals surface area contributed by atoms with Gasteiger partial charge in [-0.05, 0) is 77.7 Å². The van der Waals surface area contributed by atoms with E-state index in [2.05, 4.69) is 32.9 Å². The van der Waals surface area contributed by atoms with Crippen LogP contribution in [0.4, 0.5) is 0 Å². The number of ether oxygens (including phenoxy) is 2. The van der Waals surface area contributed by atoms with E-state index in [4.69, 9.17) is 9.47 Å². The molecule has 0 aliphatic heterocycles. The Morgan fingerprint density at radius 2 is 1.63 bits per heavy atom. The highest BCUT2D eigenvalue weighted by molar-refractivity contribution is 5.90. The van der Waals surface area contributed by atoms with Crippen molar-refractivity contribution in [3.8, 4) is 11.5 Å². The van der Waals surface area contributed by atoms with E-state index in [1.807, 2.05) is 13.0 Å². The van der Waals surface area contributed by atoms with Crippen molar-refractivity contribution in [1.82, 2.24) is 0 Å². The summed E-state index contributed by atoms with van der Waals surface area (Å²) in [5.74, 6) is -0.190. The Labute approximate surface area is 163 Å². The van der Waals surface area contributed by atoms with Gasteiger partial charge in [-0.1, -0.05) is 28.9 Å². The van der Waals surface area contributed by atoms with Gasteiger partial charge in [0, 0.05) is 0 Å². The Morgan fingerprint density at radius 3 is 2.26 bits per heavy atom. The summed E-state index contributed by atoms with van der Waals surface area (Å²) >= 11 is 0. The number of allylic oxidation sites excluding steroid dienone is 5. The largest absolute Gasteiger partial charge is 0.504 e. The Bertz CT molecular complexity index is 707. The van der Waals surface area contributed by atoms with Crippen LogP contribution in [-0.2, 0) is 4.74 Å². The first kappa shape index (κ1) is 22.6. The molecule has 1 aromatic carbocycles. The summed E-state index contributed by atoms with van der Waals surface area (Å²) in [6.07, 6.45) is 10.6. The van der Waals surface area contributed by atoms with Gasteiger partial charge in [0.15, 0.2) is 11.5 Å². The third-order valence-electron chi connectivity index (χ3n) is 4.18. The van der Waals surface area contributed by atoms with Gasteiger partial charge in [-0.2, -0.15) is 0 Å². The fourth-order valence-electron chi connectivity index (χ4n) is 2.49. The van der Waals surface area contributed by atoms with Gasteiger partial charge in [0.2, 0.25) is 0 Å². The molecule has 0 atom stereocenters. The molecule has 148 valence electrons. The first-order valence-corrected chi connectivity index (χ1v) is 9.32. The van der Waals surface area contributed by atoms with E-state index in [9.17, 15) is 9.90 Å². The molecule has 0 heterocycles. The minimum absolute atomic E-state index is 0.00557. The molecule has 0 spiro atoms. The molecule has 4 nitrogen and oxygen atoms in total. The lowest BCUT2D eigenvalue weighted by molar-refractivity contribution is 0.0548. The second kappa shape index (κ2) is 12.0. The lowest BCUT2D eigenvalue weighted by atomic mass is 10.1. The van der Waals surface area contributed by atoms with Gasteiger partial charge in [0.05, 0.1) is 12.7 Å². The van der Waals surface area contributed by atoms with Crippen LogP contribution in [0.25, 0.3) is 0 Å². The Morgan fingerprint density at radius 1 is 1.00 bits per heavy atom. The molecule has 4 heteroatoms. The maximum Gasteiger partial charge on any atom is 0.338 e. The first-order valence-electron chi connectivity index (χ1n) is 9.32. The number of phenols is 1. The van der Waals surface area contributed by atoms with Crippen LogP contribution in [0.2, 0.25) is 0 Å². The molecule has 1 N–H and O–H groups in total. The molecule has 0 saturated carbocycles. The summed E-state index contributed by atoms with van der Waals surface area (Å²) in [6, 6.07) is 4.40. The van der Waals surface area contributed by atoms with Crippen molar-refractivity contribution in [2.75, 3.05) is 13.7 Å². The number of esters is 1. The zero-order chi connectivity index (χ0) is 20.2. The van der Waals surface area contributed by atoms with Crippen LogP contribution in [-0.4, -0.2) is 24.8 Å². The number of aromatic hydroxyl groups is 1. The Kier molecular flexibility index (Phi) is 10.0. The van der Waals surface area contributed by atoms with E-state index in [0.29, 0.717) is 5.56 Å². The number of phenolic OH excluding ortho intramolecular Hbond substituents is 1. The average molecular weight is 373 g/mol. The second-order valence-corrected chi connectivity index (χ2v) is 6.94. The van der Waals surface area contributed by atoms with Crippen molar-refractivity contribution in [3.05, 3.63) is 58.7 Å². The van der Waals surface area contributed by atoms with Gasteiger partial charge in [-0.3, -0.25) is 0 Å². The fraction of sp³-hybridized carbons (Fsp3) is 0.435. The van der Waals surface area contributed by atoms with E-state index in [-0.39, 0.29) is 18.1 Å². The van der Waals surface area contributed by atoms with E-state index in [1.165, 1.54) is 42.0 Å². The molecule has 27 heavy (non-hydrogen) atoms. The predicted octanol–water partition coefficient (Wildman–Crippen LogP) is 5.98. The highest BCUT2D eigenvalue weighted by atomic mass is 16.5. The third kappa shape index (κ3) is 9.13. The van der Waals surface area contributed by atoms with E-state index < -0.39 is 5.97 Å². The van der Waals surface area contributed by atoms with Gasteiger partial charge in [0.1, 0.15) is 6.61 Å². The van der Waals surface area contributed by atoms with Crippen LogP contribution in [0.15, 0.2) is 53.1 Å². The standard InChI is InChI=1S/C23H32O4/c1-17(2)8-6-9-18(3)10-7-11-19(4)14-15-27-23(25)20-12-13-21(24)22(16-20)26-5/h8,10,12-14,16,24H,6-7,9,11,15H2,1-5H3. The van der Waals surface area contributed by atoms with Gasteiger partial charge in [0.25, 0.3) is 0 Å². The number of methoxy groups -OCH3 is 1. The summed E-state index contributed by atoms with van der Waals surface area (Å²) in [7, 11) is 1.44. The van der Waals surface area contributed by atoms with Crippen LogP contribution in [0.1, 0.15) is 63.7 Å². The van der Waals surface area contributed by atoms with E-state index >= 15 is 0 Å². The number of rotatable bonds is 10. The normalized spacial score (nSPS) is 11.9. The molecule has 0 amide bonds. The summed E-state index contributed by atoms with van der Waals surface area (Å²) in [5.41, 5.74) is 4.32. The van der Waals surface area contributed by atoms with Crippen molar-refractivity contribution >= 4 is 5.97 Å². The molecule has 1 rings (SSSR count). The number of hydrogen-bond acceptors (Lipinski definition) is 4. The highest BCUT2D eigenvalue weighted by Gasteiger charge is 2.10. The van der Waals surface area contributed by atoms with Crippen LogP contribution >= 0.6 is 0 Å². The molecule has 0 fully saturated rings. The second-order valence-electron chi connectivity index (χ2n) is 6.94. The summed E-state index contributed by atoms with van der Waals surface area (Å²) in [5, 5.41) is 9.56. The summed E-state index contributed by atoms with van der Waals surface area (Å²) in [6.45, 7) is 8.70. The van der Waals surface area contributed by atoms with E-state index in [1.54, 1.807) is 0 Å². The van der Waals surface area contributed by atoms with Crippen LogP contribution in [0, 0.1) is 0 Å². The van der Waals surface area contributed by atoms with Crippen molar-refractivity contribution in [2.45, 2.75) is 53.4 Å². The zero-order valence-corrected chi connectivity index (χ0v) is 17.2. The third-order valence-corrected chi connectivity index (χ3v) is 4.18. The van der Waals surface area contributed by atoms with Crippen molar-refractivity contribution in [3.63, 3.8) is 0 Å². The molecule has 0 radical (unpaired) electrons. The van der Waals surface area contributed by atoms with Gasteiger partial charge in [-0.15, -0.1) is 0 Å². The number of benzene rings is 1. The van der Waals surface area contributed by atoms with Crippen molar-refractivity contribution in [1.29, 1.82) is 0 Å². The molecule has 0 bridgehead atoms. The maximum atomic E-state index is 12.1. The SMILES string of the molecule is COc1cc(C(=O)OCC=C(C)CCC=C(C)CCC=C(C)C)ccc1O. The lowest BCUT2D eigenvalue weighted by Crippen LogP contribution is -2.05. The Hall–Kier alpha value is -2.49. The molecule has 0 aliphatic rings. The van der Waals surface area contributed by atoms with Crippen LogP contribution < -0.4 is 4.74 Å². The molecule has 0 aromatic heterocycles. The molecule has 0 unspecified atom stereocenters. The van der Waals surface area contributed by atoms with Crippen LogP contribution in [0.3, 0.4) is 0 Å². The monoisotopic (exact) mass is 372 g/mol. The predicted molar refractivity (Wildman–Crippen MR) is 110 cm³/mol. The summed E-state index contributed by atoms with van der Waals surface area (Å²) < 4.78 is 10.3. The van der Waals surface area contributed by atoms with E-state index in [0.717, 1.165) is 25.7 Å². The van der Waals surface area contributed by atoms with Crippen LogP contribution in [0.5, 0.6) is 11.5 Å². The minimum Gasteiger partial charge on any atom is -0.504 e. The topological polar surface area (TPSA) is 55.8 Å². The molecule has 0 aliphatic carbocycles. The van der Waals surface area contributed by atoms with Gasteiger partial charge in [-0.25, -0.2) is 4.79 Å². The number of carbonyl (C=O) groups is 1. The molecule has 1 aromatic rings. The summed E-state index contributed by atoms with van der Waals surface area (Å²) in [4.78, 5) is 12.1. The van der Waals surface area contributed by atoms with Crippen molar-refractivity contribution < 1.29 is 19.4 Å². The number of hydrogen-bond donors (Lipinski definition) is 1. The quantitative estimate of drug-likeness (QED) is 0.406. The Balaban J connectivity index is 2.39. The van der Waals surface area contributed by atoms with Gasteiger partial charge >= 0.3 is 5.97 Å². The smallest absolute Gasteiger partial charge is 0.338 e. The lowest BCUT2D eigenvalue weighted by Gasteiger charge is -2.07. The van der Waals surface area contributed by atoms with Gasteiger partial charge < -0.3 is 14.6 Å². The molecule has 0 saturated heterocycles. The zero-order valence-electron chi connectivity index (χ0n) is 17.2. The minimum atomic E-state index is -0.438. The number of carbonyl (C=O) groups excluding carboxylic acids is 1.